The van der Waals surface area contributed by atoms with Gasteiger partial charge in [-0.05, 0) is 51.2 Å². The Bertz CT molecular complexity index is 896. The summed E-state index contributed by atoms with van der Waals surface area (Å²) in [7, 11) is 0. The number of hydrogen-bond donors (Lipinski definition) is 1. The van der Waals surface area contributed by atoms with Crippen molar-refractivity contribution in [2.24, 2.45) is 0 Å². The number of anilines is 1. The Kier molecular flexibility index (Phi) is 5.30. The van der Waals surface area contributed by atoms with Crippen LogP contribution in [-0.2, 0) is 6.42 Å². The van der Waals surface area contributed by atoms with Gasteiger partial charge in [0.2, 0.25) is 0 Å². The molecule has 0 saturated carbocycles. The Morgan fingerprint density at radius 3 is 2.27 bits per heavy atom. The van der Waals surface area contributed by atoms with Crippen LogP contribution in [0.2, 0.25) is 0 Å². The molecule has 4 nitrogen and oxygen atoms in total. The molecule has 2 aromatic heterocycles. The zero-order valence-corrected chi connectivity index (χ0v) is 16.8. The van der Waals surface area contributed by atoms with Crippen LogP contribution in [0.3, 0.4) is 0 Å². The fraction of sp³-hybridized carbons (Fsp3) is 0.455. The van der Waals surface area contributed by atoms with Crippen molar-refractivity contribution in [3.63, 3.8) is 0 Å². The van der Waals surface area contributed by atoms with Gasteiger partial charge >= 0.3 is 0 Å². The van der Waals surface area contributed by atoms with E-state index >= 15 is 0 Å². The van der Waals surface area contributed by atoms with Crippen LogP contribution in [0.1, 0.15) is 56.0 Å². The van der Waals surface area contributed by atoms with Gasteiger partial charge < -0.3 is 5.32 Å². The second kappa shape index (κ2) is 7.48. The molecule has 138 valence electrons. The van der Waals surface area contributed by atoms with Crippen molar-refractivity contribution >= 4 is 11.5 Å². The zero-order valence-electron chi connectivity index (χ0n) is 16.8. The lowest BCUT2D eigenvalue weighted by Crippen LogP contribution is -2.19. The minimum absolute atomic E-state index is 0.458. The molecule has 0 radical (unpaired) electrons. The van der Waals surface area contributed by atoms with E-state index in [1.807, 2.05) is 12.4 Å². The largest absolute Gasteiger partial charge is 0.367 e. The van der Waals surface area contributed by atoms with Crippen LogP contribution in [-0.4, -0.2) is 20.4 Å². The van der Waals surface area contributed by atoms with Crippen LogP contribution >= 0.6 is 0 Å². The summed E-state index contributed by atoms with van der Waals surface area (Å²) < 4.78 is 2.18. The van der Waals surface area contributed by atoms with Gasteiger partial charge in [-0.3, -0.25) is 9.38 Å². The molecule has 26 heavy (non-hydrogen) atoms. The van der Waals surface area contributed by atoms with Crippen molar-refractivity contribution in [1.29, 1.82) is 0 Å². The maximum absolute atomic E-state index is 4.97. The molecule has 0 fully saturated rings. The normalized spacial score (nSPS) is 11.5. The summed E-state index contributed by atoms with van der Waals surface area (Å²) in [4.78, 5) is 9.70. The van der Waals surface area contributed by atoms with E-state index in [4.69, 9.17) is 9.97 Å². The number of rotatable bonds is 6. The number of benzene rings is 1. The average molecular weight is 351 g/mol. The van der Waals surface area contributed by atoms with E-state index in [-0.39, 0.29) is 0 Å². The SMILES string of the molecule is CCc1nc2c(-c3c(C)cc(C)cc3C)nccn2c1NC(CC)CC. The van der Waals surface area contributed by atoms with Crippen molar-refractivity contribution in [3.05, 3.63) is 46.9 Å². The summed E-state index contributed by atoms with van der Waals surface area (Å²) >= 11 is 0. The summed E-state index contributed by atoms with van der Waals surface area (Å²) in [5, 5.41) is 3.71. The summed E-state index contributed by atoms with van der Waals surface area (Å²) in [5.41, 5.74) is 7.99. The molecule has 1 N–H and O–H groups in total. The van der Waals surface area contributed by atoms with Gasteiger partial charge in [0.1, 0.15) is 11.5 Å². The van der Waals surface area contributed by atoms with Crippen LogP contribution in [0.25, 0.3) is 16.9 Å². The Morgan fingerprint density at radius 1 is 1.04 bits per heavy atom. The fourth-order valence-electron chi connectivity index (χ4n) is 3.84. The molecule has 4 heteroatoms. The van der Waals surface area contributed by atoms with E-state index in [0.29, 0.717) is 6.04 Å². The molecule has 0 unspecified atom stereocenters. The number of aromatic nitrogens is 3. The van der Waals surface area contributed by atoms with Crippen LogP contribution < -0.4 is 5.32 Å². The molecule has 0 spiro atoms. The molecular weight excluding hydrogens is 320 g/mol. The average Bonchev–Trinajstić information content (AvgIpc) is 2.97. The third kappa shape index (κ3) is 3.20. The predicted octanol–water partition coefficient (Wildman–Crippen LogP) is 5.48. The molecule has 0 aliphatic heterocycles. The highest BCUT2D eigenvalue weighted by molar-refractivity contribution is 5.80. The van der Waals surface area contributed by atoms with E-state index in [1.54, 1.807) is 0 Å². The van der Waals surface area contributed by atoms with E-state index in [2.05, 4.69) is 63.4 Å². The number of imidazole rings is 1. The van der Waals surface area contributed by atoms with Crippen molar-refractivity contribution < 1.29 is 0 Å². The van der Waals surface area contributed by atoms with E-state index in [9.17, 15) is 0 Å². The molecule has 0 aliphatic carbocycles. The highest BCUT2D eigenvalue weighted by atomic mass is 15.2. The highest BCUT2D eigenvalue weighted by Gasteiger charge is 2.19. The Labute approximate surface area is 156 Å². The second-order valence-corrected chi connectivity index (χ2v) is 7.16. The van der Waals surface area contributed by atoms with Gasteiger partial charge in [0.05, 0.1) is 5.69 Å². The summed E-state index contributed by atoms with van der Waals surface area (Å²) in [6.45, 7) is 13.1. The Hall–Kier alpha value is -2.36. The quantitative estimate of drug-likeness (QED) is 0.639. The summed E-state index contributed by atoms with van der Waals surface area (Å²) in [5.74, 6) is 1.11. The molecule has 0 saturated heterocycles. The van der Waals surface area contributed by atoms with Gasteiger partial charge in [0.15, 0.2) is 5.65 Å². The number of fused-ring (bicyclic) bond motifs is 1. The van der Waals surface area contributed by atoms with E-state index < -0.39 is 0 Å². The molecule has 0 atom stereocenters. The lowest BCUT2D eigenvalue weighted by atomic mass is 9.97. The maximum Gasteiger partial charge on any atom is 0.165 e. The lowest BCUT2D eigenvalue weighted by molar-refractivity contribution is 0.666. The standard InChI is InChI=1S/C22H30N4/c1-7-17(8-2)24-21-18(9-3)25-22-20(23-10-11-26(21)22)19-15(5)12-14(4)13-16(19)6/h10-13,17,24H,7-9H2,1-6H3. The second-order valence-electron chi connectivity index (χ2n) is 7.16. The number of nitrogens with one attached hydrogen (secondary N) is 1. The van der Waals surface area contributed by atoms with Gasteiger partial charge in [-0.25, -0.2) is 4.98 Å². The molecular formula is C22H30N4. The monoisotopic (exact) mass is 350 g/mol. The van der Waals surface area contributed by atoms with Crippen LogP contribution in [0.4, 0.5) is 5.82 Å². The minimum atomic E-state index is 0.458. The highest BCUT2D eigenvalue weighted by Crippen LogP contribution is 2.32. The molecule has 0 aliphatic rings. The van der Waals surface area contributed by atoms with Gasteiger partial charge in [0, 0.05) is 24.0 Å². The molecule has 3 rings (SSSR count). The zero-order chi connectivity index (χ0) is 18.8. The van der Waals surface area contributed by atoms with Crippen LogP contribution in [0.15, 0.2) is 24.5 Å². The first kappa shape index (κ1) is 18.4. The first-order valence-electron chi connectivity index (χ1n) is 9.70. The smallest absolute Gasteiger partial charge is 0.165 e. The predicted molar refractivity (Wildman–Crippen MR) is 110 cm³/mol. The van der Waals surface area contributed by atoms with Crippen LogP contribution in [0.5, 0.6) is 0 Å². The van der Waals surface area contributed by atoms with Crippen molar-refractivity contribution in [3.8, 4) is 11.3 Å². The van der Waals surface area contributed by atoms with Gasteiger partial charge in [-0.1, -0.05) is 38.5 Å². The summed E-state index contributed by atoms with van der Waals surface area (Å²) in [6.07, 6.45) is 7.01. The third-order valence-corrected chi connectivity index (χ3v) is 5.19. The van der Waals surface area contributed by atoms with Gasteiger partial charge in [0.25, 0.3) is 0 Å². The molecule has 3 aromatic rings. The Balaban J connectivity index is 2.23. The molecule has 0 amide bonds. The van der Waals surface area contributed by atoms with Gasteiger partial charge in [-0.2, -0.15) is 0 Å². The number of aryl methyl sites for hydroxylation is 4. The maximum atomic E-state index is 4.97. The first-order valence-corrected chi connectivity index (χ1v) is 9.70. The molecule has 0 bridgehead atoms. The van der Waals surface area contributed by atoms with Crippen molar-refractivity contribution in [2.45, 2.75) is 66.8 Å². The molecule has 2 heterocycles. The van der Waals surface area contributed by atoms with E-state index in [1.165, 1.54) is 22.3 Å². The first-order chi connectivity index (χ1) is 12.5. The fourth-order valence-corrected chi connectivity index (χ4v) is 3.84. The number of hydrogen-bond acceptors (Lipinski definition) is 3. The van der Waals surface area contributed by atoms with E-state index in [0.717, 1.165) is 42.1 Å². The number of nitrogens with zero attached hydrogens (tertiary/aromatic N) is 3. The summed E-state index contributed by atoms with van der Waals surface area (Å²) in [6, 6.07) is 4.90. The lowest BCUT2D eigenvalue weighted by Gasteiger charge is -2.17. The van der Waals surface area contributed by atoms with Gasteiger partial charge in [-0.15, -0.1) is 0 Å². The van der Waals surface area contributed by atoms with Crippen LogP contribution in [0, 0.1) is 20.8 Å². The minimum Gasteiger partial charge on any atom is -0.367 e. The molecule has 1 aromatic carbocycles. The topological polar surface area (TPSA) is 42.2 Å². The van der Waals surface area contributed by atoms with Crippen molar-refractivity contribution in [1.82, 2.24) is 14.4 Å². The van der Waals surface area contributed by atoms with Crippen molar-refractivity contribution in [2.75, 3.05) is 5.32 Å². The Morgan fingerprint density at radius 2 is 1.69 bits per heavy atom. The third-order valence-electron chi connectivity index (χ3n) is 5.19.